The van der Waals surface area contributed by atoms with Crippen LogP contribution in [0.3, 0.4) is 0 Å². The highest BCUT2D eigenvalue weighted by Crippen LogP contribution is 2.20. The molecule has 6 heteroatoms. The van der Waals surface area contributed by atoms with Gasteiger partial charge in [-0.15, -0.1) is 0 Å². The molecule has 104 valence electrons. The summed E-state index contributed by atoms with van der Waals surface area (Å²) in [6, 6.07) is -0.726. The first-order chi connectivity index (χ1) is 8.41. The van der Waals surface area contributed by atoms with Crippen LogP contribution in [0.25, 0.3) is 0 Å². The molecule has 1 rings (SSSR count). The quantitative estimate of drug-likeness (QED) is 0.774. The third kappa shape index (κ3) is 4.49. The number of thioether (sulfide) groups is 1. The van der Waals surface area contributed by atoms with Gasteiger partial charge in [-0.25, -0.2) is 0 Å². The van der Waals surface area contributed by atoms with Gasteiger partial charge in [0, 0.05) is 18.1 Å². The molecule has 1 amide bonds. The fraction of sp³-hybridized carbons (Fsp3) is 0.833. The summed E-state index contributed by atoms with van der Waals surface area (Å²) in [6.45, 7) is 4.65. The maximum absolute atomic E-state index is 12.2. The molecule has 2 atom stereocenters. The van der Waals surface area contributed by atoms with E-state index in [0.717, 1.165) is 5.75 Å². The fourth-order valence-corrected chi connectivity index (χ4v) is 3.20. The van der Waals surface area contributed by atoms with Gasteiger partial charge < -0.3 is 15.7 Å². The molecule has 1 fully saturated rings. The summed E-state index contributed by atoms with van der Waals surface area (Å²) in [6.07, 6.45) is 0.648. The van der Waals surface area contributed by atoms with E-state index in [1.807, 2.05) is 13.8 Å². The van der Waals surface area contributed by atoms with E-state index in [1.165, 1.54) is 0 Å². The molecule has 0 radical (unpaired) electrons. The zero-order valence-corrected chi connectivity index (χ0v) is 11.8. The first kappa shape index (κ1) is 15.3. The number of rotatable bonds is 5. The molecule has 0 aromatic carbocycles. The lowest BCUT2D eigenvalue weighted by Gasteiger charge is -2.36. The molecule has 5 nitrogen and oxygen atoms in total. The lowest BCUT2D eigenvalue weighted by atomic mass is 10.0. The molecule has 18 heavy (non-hydrogen) atoms. The molecule has 0 saturated carbocycles. The monoisotopic (exact) mass is 274 g/mol. The van der Waals surface area contributed by atoms with Crippen molar-refractivity contribution in [1.82, 2.24) is 4.90 Å². The summed E-state index contributed by atoms with van der Waals surface area (Å²) in [5, 5.41) is 8.87. The molecule has 1 saturated heterocycles. The van der Waals surface area contributed by atoms with Crippen LogP contribution in [-0.4, -0.2) is 52.0 Å². The number of carbonyl (C=O) groups is 2. The van der Waals surface area contributed by atoms with Crippen LogP contribution in [0.1, 0.15) is 26.7 Å². The Balaban J connectivity index is 2.64. The highest BCUT2D eigenvalue weighted by molar-refractivity contribution is 7.99. The van der Waals surface area contributed by atoms with Crippen LogP contribution in [0.2, 0.25) is 0 Å². The Morgan fingerprint density at radius 2 is 2.17 bits per heavy atom. The second-order valence-corrected chi connectivity index (χ2v) is 6.24. The highest BCUT2D eigenvalue weighted by Gasteiger charge is 2.31. The first-order valence-electron chi connectivity index (χ1n) is 6.27. The van der Waals surface area contributed by atoms with Crippen molar-refractivity contribution in [1.29, 1.82) is 0 Å². The Hall–Kier alpha value is -0.750. The van der Waals surface area contributed by atoms with E-state index in [1.54, 1.807) is 16.7 Å². The number of carbonyl (C=O) groups excluding carboxylic acids is 1. The zero-order chi connectivity index (χ0) is 13.7. The highest BCUT2D eigenvalue weighted by atomic mass is 32.2. The topological polar surface area (TPSA) is 83.6 Å². The predicted molar refractivity (Wildman–Crippen MR) is 72.5 cm³/mol. The average molecular weight is 274 g/mol. The van der Waals surface area contributed by atoms with Gasteiger partial charge in [0.05, 0.1) is 18.5 Å². The number of carboxylic acid groups (broad SMARTS) is 1. The van der Waals surface area contributed by atoms with Crippen LogP contribution in [0.5, 0.6) is 0 Å². The number of nitrogens with zero attached hydrogens (tertiary/aromatic N) is 1. The van der Waals surface area contributed by atoms with Crippen LogP contribution in [0.15, 0.2) is 0 Å². The van der Waals surface area contributed by atoms with Crippen LogP contribution >= 0.6 is 11.8 Å². The zero-order valence-electron chi connectivity index (χ0n) is 11.0. The van der Waals surface area contributed by atoms with E-state index < -0.39 is 12.0 Å². The van der Waals surface area contributed by atoms with Crippen molar-refractivity contribution in [2.45, 2.75) is 38.8 Å². The minimum atomic E-state index is -0.863. The summed E-state index contributed by atoms with van der Waals surface area (Å²) in [5.74, 6) is 0.942. The number of hydrogen-bond acceptors (Lipinski definition) is 4. The molecule has 0 aromatic rings. The average Bonchev–Trinajstić information content (AvgIpc) is 2.27. The van der Waals surface area contributed by atoms with Crippen LogP contribution < -0.4 is 5.73 Å². The minimum absolute atomic E-state index is 0.00708. The van der Waals surface area contributed by atoms with Gasteiger partial charge in [-0.3, -0.25) is 9.59 Å². The van der Waals surface area contributed by atoms with Crippen molar-refractivity contribution in [3.63, 3.8) is 0 Å². The van der Waals surface area contributed by atoms with Crippen molar-refractivity contribution in [2.24, 2.45) is 11.7 Å². The molecule has 1 aliphatic rings. The first-order valence-corrected chi connectivity index (χ1v) is 7.43. The Bertz CT molecular complexity index is 310. The second kappa shape index (κ2) is 6.99. The van der Waals surface area contributed by atoms with Crippen LogP contribution in [-0.2, 0) is 9.59 Å². The Kier molecular flexibility index (Phi) is 5.95. The van der Waals surface area contributed by atoms with Gasteiger partial charge >= 0.3 is 5.97 Å². The van der Waals surface area contributed by atoms with E-state index in [9.17, 15) is 9.59 Å². The summed E-state index contributed by atoms with van der Waals surface area (Å²) in [4.78, 5) is 24.7. The van der Waals surface area contributed by atoms with Gasteiger partial charge in [0.15, 0.2) is 0 Å². The molecule has 0 bridgehead atoms. The van der Waals surface area contributed by atoms with Gasteiger partial charge in [-0.2, -0.15) is 11.8 Å². The standard InChI is InChI=1S/C12H22N2O3S/c1-8(2)5-10(13)12(17)14-3-4-18-7-9(14)6-11(15)16/h8-10H,3-7,13H2,1-2H3,(H,15,16). The van der Waals surface area contributed by atoms with Gasteiger partial charge in [0.25, 0.3) is 0 Å². The lowest BCUT2D eigenvalue weighted by molar-refractivity contribution is -0.141. The largest absolute Gasteiger partial charge is 0.481 e. The van der Waals surface area contributed by atoms with Gasteiger partial charge in [0.2, 0.25) is 5.91 Å². The van der Waals surface area contributed by atoms with Crippen molar-refractivity contribution in [3.8, 4) is 0 Å². The van der Waals surface area contributed by atoms with Crippen molar-refractivity contribution in [3.05, 3.63) is 0 Å². The normalized spacial score (nSPS) is 22.0. The molecule has 1 heterocycles. The second-order valence-electron chi connectivity index (χ2n) is 5.09. The minimum Gasteiger partial charge on any atom is -0.481 e. The lowest BCUT2D eigenvalue weighted by Crippen LogP contribution is -2.53. The van der Waals surface area contributed by atoms with E-state index in [2.05, 4.69) is 0 Å². The third-order valence-corrected chi connectivity index (χ3v) is 4.06. The van der Waals surface area contributed by atoms with Gasteiger partial charge in [-0.1, -0.05) is 13.8 Å². The van der Waals surface area contributed by atoms with E-state index in [0.29, 0.717) is 24.6 Å². The maximum atomic E-state index is 12.2. The Morgan fingerprint density at radius 3 is 2.72 bits per heavy atom. The summed E-state index contributed by atoms with van der Waals surface area (Å²) in [7, 11) is 0. The number of amides is 1. The van der Waals surface area contributed by atoms with Crippen molar-refractivity contribution >= 4 is 23.6 Å². The Labute approximate surface area is 112 Å². The molecule has 0 aromatic heterocycles. The SMILES string of the molecule is CC(C)CC(N)C(=O)N1CCSCC1CC(=O)O. The summed E-state index contributed by atoms with van der Waals surface area (Å²) < 4.78 is 0. The maximum Gasteiger partial charge on any atom is 0.305 e. The molecular formula is C12H22N2O3S. The fourth-order valence-electron chi connectivity index (χ4n) is 2.14. The molecule has 0 spiro atoms. The molecule has 3 N–H and O–H groups in total. The number of nitrogens with two attached hydrogens (primary N) is 1. The predicted octanol–water partition coefficient (Wildman–Crippen LogP) is 0.778. The number of aliphatic carboxylic acids is 1. The number of carboxylic acids is 1. The van der Waals surface area contributed by atoms with Gasteiger partial charge in [-0.05, 0) is 12.3 Å². The molecule has 2 unspecified atom stereocenters. The van der Waals surface area contributed by atoms with E-state index >= 15 is 0 Å². The molecular weight excluding hydrogens is 252 g/mol. The van der Waals surface area contributed by atoms with E-state index in [4.69, 9.17) is 10.8 Å². The van der Waals surface area contributed by atoms with Crippen LogP contribution in [0, 0.1) is 5.92 Å². The van der Waals surface area contributed by atoms with E-state index in [-0.39, 0.29) is 18.4 Å². The van der Waals surface area contributed by atoms with Gasteiger partial charge in [0.1, 0.15) is 0 Å². The van der Waals surface area contributed by atoms with Crippen LogP contribution in [0.4, 0.5) is 0 Å². The Morgan fingerprint density at radius 1 is 1.50 bits per heavy atom. The smallest absolute Gasteiger partial charge is 0.305 e. The molecule has 1 aliphatic heterocycles. The molecule has 0 aliphatic carbocycles. The van der Waals surface area contributed by atoms with Crippen molar-refractivity contribution < 1.29 is 14.7 Å². The third-order valence-electron chi connectivity index (χ3n) is 2.96. The summed E-state index contributed by atoms with van der Waals surface area (Å²) >= 11 is 1.69. The summed E-state index contributed by atoms with van der Waals surface area (Å²) in [5.41, 5.74) is 5.90. The van der Waals surface area contributed by atoms with Crippen molar-refractivity contribution in [2.75, 3.05) is 18.1 Å². The number of hydrogen-bond donors (Lipinski definition) is 2.